The van der Waals surface area contributed by atoms with E-state index in [1.165, 1.54) is 70.0 Å². The van der Waals surface area contributed by atoms with E-state index in [9.17, 15) is 0 Å². The normalized spacial score (nSPS) is 33.8. The zero-order chi connectivity index (χ0) is 13.3. The van der Waals surface area contributed by atoms with E-state index in [0.717, 1.165) is 0 Å². The van der Waals surface area contributed by atoms with Crippen molar-refractivity contribution in [1.29, 1.82) is 0 Å². The second kappa shape index (κ2) is 4.92. The highest BCUT2D eigenvalue weighted by Crippen LogP contribution is 2.59. The summed E-state index contributed by atoms with van der Waals surface area (Å²) in [5.74, 6) is 1.24. The minimum atomic E-state index is 0.359. The molecular weight excluding hydrogens is 234 g/mol. The Balaban J connectivity index is 1.69. The van der Waals surface area contributed by atoms with Crippen LogP contribution in [-0.4, -0.2) is 14.8 Å². The summed E-state index contributed by atoms with van der Waals surface area (Å²) in [7, 11) is 2.10. The van der Waals surface area contributed by atoms with Crippen LogP contribution in [0.15, 0.2) is 6.33 Å². The average Bonchev–Trinajstić information content (AvgIpc) is 2.88. The molecule has 0 unspecified atom stereocenters. The zero-order valence-corrected chi connectivity index (χ0v) is 12.5. The molecule has 3 aliphatic rings. The number of unbranched alkanes of at least 4 members (excludes halogenated alkanes) is 2. The molecule has 2 bridgehead atoms. The van der Waals surface area contributed by atoms with Gasteiger partial charge in [0.25, 0.3) is 0 Å². The molecule has 3 aliphatic carbocycles. The smallest absolute Gasteiger partial charge is 0.138 e. The van der Waals surface area contributed by atoms with Gasteiger partial charge in [-0.15, -0.1) is 10.2 Å². The van der Waals surface area contributed by atoms with Crippen molar-refractivity contribution in [3.05, 3.63) is 12.2 Å². The van der Waals surface area contributed by atoms with Gasteiger partial charge in [0.05, 0.1) is 0 Å². The van der Waals surface area contributed by atoms with Crippen LogP contribution in [0, 0.1) is 5.41 Å². The molecular formula is C16H27N3. The van der Waals surface area contributed by atoms with Gasteiger partial charge in [-0.05, 0) is 50.4 Å². The van der Waals surface area contributed by atoms with E-state index in [2.05, 4.69) is 28.7 Å². The Bertz CT molecular complexity index is 410. The van der Waals surface area contributed by atoms with E-state index in [0.29, 0.717) is 10.8 Å². The van der Waals surface area contributed by atoms with Crippen LogP contribution >= 0.6 is 0 Å². The van der Waals surface area contributed by atoms with Gasteiger partial charge in [-0.3, -0.25) is 0 Å². The van der Waals surface area contributed by atoms with Crippen molar-refractivity contribution in [2.24, 2.45) is 12.5 Å². The highest BCUT2D eigenvalue weighted by atomic mass is 15.3. The largest absolute Gasteiger partial charge is 0.320 e. The maximum absolute atomic E-state index is 4.42. The van der Waals surface area contributed by atoms with Gasteiger partial charge < -0.3 is 4.57 Å². The average molecular weight is 261 g/mol. The maximum Gasteiger partial charge on any atom is 0.138 e. The fourth-order valence-corrected chi connectivity index (χ4v) is 4.49. The van der Waals surface area contributed by atoms with Crippen molar-refractivity contribution in [1.82, 2.24) is 14.8 Å². The topological polar surface area (TPSA) is 30.7 Å². The Morgan fingerprint density at radius 3 is 2.32 bits per heavy atom. The number of nitrogens with zero attached hydrogens (tertiary/aromatic N) is 3. The minimum absolute atomic E-state index is 0.359. The predicted octanol–water partition coefficient (Wildman–Crippen LogP) is 3.99. The summed E-state index contributed by atoms with van der Waals surface area (Å²) in [5, 5.41) is 8.52. The molecule has 0 atom stereocenters. The number of aryl methyl sites for hydroxylation is 1. The number of hydrogen-bond acceptors (Lipinski definition) is 2. The SMILES string of the molecule is CCCCCC12CCC(c3nncn3C)(CC1)CC2. The van der Waals surface area contributed by atoms with Crippen LogP contribution in [0.5, 0.6) is 0 Å². The predicted molar refractivity (Wildman–Crippen MR) is 77.0 cm³/mol. The van der Waals surface area contributed by atoms with E-state index >= 15 is 0 Å². The number of rotatable bonds is 5. The molecule has 0 aromatic carbocycles. The summed E-state index contributed by atoms with van der Waals surface area (Å²) in [6.45, 7) is 2.30. The van der Waals surface area contributed by atoms with Crippen molar-refractivity contribution in [2.45, 2.75) is 76.5 Å². The molecule has 3 fully saturated rings. The van der Waals surface area contributed by atoms with E-state index < -0.39 is 0 Å². The summed E-state index contributed by atoms with van der Waals surface area (Å²) in [6.07, 6.45) is 15.8. The van der Waals surface area contributed by atoms with Crippen LogP contribution < -0.4 is 0 Å². The summed E-state index contributed by atoms with van der Waals surface area (Å²) in [5.41, 5.74) is 1.05. The summed E-state index contributed by atoms with van der Waals surface area (Å²) in [4.78, 5) is 0. The lowest BCUT2D eigenvalue weighted by Gasteiger charge is -2.53. The van der Waals surface area contributed by atoms with Crippen LogP contribution in [0.4, 0.5) is 0 Å². The van der Waals surface area contributed by atoms with E-state index in [-0.39, 0.29) is 0 Å². The van der Waals surface area contributed by atoms with Gasteiger partial charge in [-0.1, -0.05) is 26.2 Å². The van der Waals surface area contributed by atoms with Gasteiger partial charge in [0, 0.05) is 12.5 Å². The van der Waals surface area contributed by atoms with Crippen molar-refractivity contribution in [3.8, 4) is 0 Å². The molecule has 106 valence electrons. The molecule has 0 aliphatic heterocycles. The van der Waals surface area contributed by atoms with Crippen LogP contribution in [-0.2, 0) is 12.5 Å². The first-order chi connectivity index (χ1) is 9.20. The molecule has 3 nitrogen and oxygen atoms in total. The van der Waals surface area contributed by atoms with Crippen molar-refractivity contribution >= 4 is 0 Å². The van der Waals surface area contributed by atoms with E-state index in [1.807, 2.05) is 6.33 Å². The standard InChI is InChI=1S/C16H27N3/c1-3-4-5-6-15-7-10-16(11-8-15,12-9-15)14-18-17-13-19(14)2/h13H,3-12H2,1-2H3. The number of fused-ring (bicyclic) bond motifs is 3. The van der Waals surface area contributed by atoms with Crippen molar-refractivity contribution in [3.63, 3.8) is 0 Å². The Morgan fingerprint density at radius 1 is 1.11 bits per heavy atom. The first-order valence-electron chi connectivity index (χ1n) is 8.04. The highest BCUT2D eigenvalue weighted by Gasteiger charge is 2.50. The second-order valence-corrected chi connectivity index (χ2v) is 7.00. The molecule has 0 N–H and O–H groups in total. The molecule has 0 saturated heterocycles. The zero-order valence-electron chi connectivity index (χ0n) is 12.5. The third kappa shape index (κ3) is 2.21. The Hall–Kier alpha value is -0.860. The third-order valence-corrected chi connectivity index (χ3v) is 5.90. The second-order valence-electron chi connectivity index (χ2n) is 7.00. The Kier molecular flexibility index (Phi) is 3.40. The summed E-state index contributed by atoms with van der Waals surface area (Å²) in [6, 6.07) is 0. The number of hydrogen-bond donors (Lipinski definition) is 0. The van der Waals surface area contributed by atoms with Crippen LogP contribution in [0.25, 0.3) is 0 Å². The minimum Gasteiger partial charge on any atom is -0.320 e. The highest BCUT2D eigenvalue weighted by molar-refractivity contribution is 5.15. The monoisotopic (exact) mass is 261 g/mol. The lowest BCUT2D eigenvalue weighted by molar-refractivity contribution is 0.0249. The Morgan fingerprint density at radius 2 is 1.79 bits per heavy atom. The first-order valence-corrected chi connectivity index (χ1v) is 8.04. The molecule has 0 spiro atoms. The molecule has 0 radical (unpaired) electrons. The fourth-order valence-electron chi connectivity index (χ4n) is 4.49. The third-order valence-electron chi connectivity index (χ3n) is 5.90. The van der Waals surface area contributed by atoms with Gasteiger partial charge in [0.2, 0.25) is 0 Å². The molecule has 4 rings (SSSR count). The van der Waals surface area contributed by atoms with Gasteiger partial charge in [0.15, 0.2) is 0 Å². The van der Waals surface area contributed by atoms with Crippen molar-refractivity contribution in [2.75, 3.05) is 0 Å². The molecule has 1 heterocycles. The van der Waals surface area contributed by atoms with Gasteiger partial charge in [-0.2, -0.15) is 0 Å². The molecule has 3 heteroatoms. The summed E-state index contributed by atoms with van der Waals surface area (Å²) >= 11 is 0. The van der Waals surface area contributed by atoms with E-state index in [4.69, 9.17) is 0 Å². The van der Waals surface area contributed by atoms with Crippen LogP contribution in [0.3, 0.4) is 0 Å². The molecule has 1 aromatic rings. The van der Waals surface area contributed by atoms with Gasteiger partial charge >= 0.3 is 0 Å². The van der Waals surface area contributed by atoms with E-state index in [1.54, 1.807) is 0 Å². The lowest BCUT2D eigenvalue weighted by Crippen LogP contribution is -2.45. The fraction of sp³-hybridized carbons (Fsp3) is 0.875. The van der Waals surface area contributed by atoms with Crippen molar-refractivity contribution < 1.29 is 0 Å². The van der Waals surface area contributed by atoms with Crippen LogP contribution in [0.1, 0.15) is 77.0 Å². The lowest BCUT2D eigenvalue weighted by atomic mass is 9.52. The number of aromatic nitrogens is 3. The molecule has 0 amide bonds. The van der Waals surface area contributed by atoms with Gasteiger partial charge in [0.1, 0.15) is 12.2 Å². The van der Waals surface area contributed by atoms with Crippen LogP contribution in [0.2, 0.25) is 0 Å². The molecule has 3 saturated carbocycles. The first kappa shape index (κ1) is 13.1. The maximum atomic E-state index is 4.42. The summed E-state index contributed by atoms with van der Waals surface area (Å²) < 4.78 is 2.15. The molecule has 1 aromatic heterocycles. The quantitative estimate of drug-likeness (QED) is 0.750. The van der Waals surface area contributed by atoms with Gasteiger partial charge in [-0.25, -0.2) is 0 Å². The Labute approximate surface area is 116 Å². The molecule has 19 heavy (non-hydrogen) atoms.